The summed E-state index contributed by atoms with van der Waals surface area (Å²) in [5.74, 6) is 1.65. The van der Waals surface area contributed by atoms with Crippen LogP contribution in [0.3, 0.4) is 0 Å². The third-order valence-corrected chi connectivity index (χ3v) is 4.31. The number of nitrogens with zero attached hydrogens (tertiary/aromatic N) is 2. The Hall–Kier alpha value is -1.02. The SMILES string of the molecule is CCC(CC)C(C)n1c(C(C)Cl)nc2ccccc21. The highest BCUT2D eigenvalue weighted by Crippen LogP contribution is 2.33. The van der Waals surface area contributed by atoms with Gasteiger partial charge in [-0.2, -0.15) is 0 Å². The molecule has 0 spiro atoms. The molecule has 0 aliphatic heterocycles. The molecule has 1 aromatic heterocycles. The fraction of sp³-hybridized carbons (Fsp3) is 0.562. The molecule has 0 saturated heterocycles. The van der Waals surface area contributed by atoms with E-state index in [0.29, 0.717) is 12.0 Å². The Morgan fingerprint density at radius 1 is 1.16 bits per heavy atom. The number of alkyl halides is 1. The molecule has 2 aromatic rings. The zero-order valence-corrected chi connectivity index (χ0v) is 13.0. The van der Waals surface area contributed by atoms with E-state index in [1.54, 1.807) is 0 Å². The van der Waals surface area contributed by atoms with Gasteiger partial charge in [0.15, 0.2) is 0 Å². The average molecular weight is 279 g/mol. The molecule has 1 heterocycles. The Bertz CT molecular complexity index is 541. The van der Waals surface area contributed by atoms with Crippen LogP contribution in [0.25, 0.3) is 11.0 Å². The van der Waals surface area contributed by atoms with Gasteiger partial charge in [0, 0.05) is 6.04 Å². The highest BCUT2D eigenvalue weighted by atomic mass is 35.5. The fourth-order valence-electron chi connectivity index (χ4n) is 2.95. The number of imidazole rings is 1. The first kappa shape index (κ1) is 14.4. The van der Waals surface area contributed by atoms with Gasteiger partial charge in [-0.15, -0.1) is 11.6 Å². The average Bonchev–Trinajstić information content (AvgIpc) is 2.79. The van der Waals surface area contributed by atoms with Crippen LogP contribution in [0.1, 0.15) is 57.8 Å². The molecular weight excluding hydrogens is 256 g/mol. The van der Waals surface area contributed by atoms with Crippen LogP contribution in [0.4, 0.5) is 0 Å². The van der Waals surface area contributed by atoms with Gasteiger partial charge in [-0.05, 0) is 31.9 Å². The van der Waals surface area contributed by atoms with Crippen molar-refractivity contribution in [2.24, 2.45) is 5.92 Å². The standard InChI is InChI=1S/C16H23ClN2/c1-5-13(6-2)12(4)19-15-10-8-7-9-14(15)18-16(19)11(3)17/h7-13H,5-6H2,1-4H3. The molecule has 0 aliphatic rings. The van der Waals surface area contributed by atoms with E-state index >= 15 is 0 Å². The predicted molar refractivity (Wildman–Crippen MR) is 82.8 cm³/mol. The lowest BCUT2D eigenvalue weighted by Crippen LogP contribution is -2.18. The molecule has 0 fully saturated rings. The molecule has 0 aliphatic carbocycles. The first-order valence-electron chi connectivity index (χ1n) is 7.21. The van der Waals surface area contributed by atoms with Gasteiger partial charge >= 0.3 is 0 Å². The first-order chi connectivity index (χ1) is 9.10. The van der Waals surface area contributed by atoms with E-state index in [1.165, 1.54) is 18.4 Å². The number of para-hydroxylation sites is 2. The minimum Gasteiger partial charge on any atom is -0.324 e. The Balaban J connectivity index is 2.58. The second-order valence-corrected chi connectivity index (χ2v) is 5.92. The van der Waals surface area contributed by atoms with Crippen molar-refractivity contribution in [3.63, 3.8) is 0 Å². The lowest BCUT2D eigenvalue weighted by Gasteiger charge is -2.26. The van der Waals surface area contributed by atoms with Gasteiger partial charge in [-0.25, -0.2) is 4.98 Å². The van der Waals surface area contributed by atoms with Crippen molar-refractivity contribution >= 4 is 22.6 Å². The summed E-state index contributed by atoms with van der Waals surface area (Å²) >= 11 is 6.33. The predicted octanol–water partition coefficient (Wildman–Crippen LogP) is 5.33. The molecule has 0 radical (unpaired) electrons. The third kappa shape index (κ3) is 2.64. The van der Waals surface area contributed by atoms with Crippen LogP contribution in [0.15, 0.2) is 24.3 Å². The highest BCUT2D eigenvalue weighted by Gasteiger charge is 2.23. The van der Waals surface area contributed by atoms with Gasteiger partial charge in [0.25, 0.3) is 0 Å². The molecule has 0 amide bonds. The van der Waals surface area contributed by atoms with Gasteiger partial charge in [0.05, 0.1) is 16.4 Å². The Kier molecular flexibility index (Phi) is 4.51. The third-order valence-electron chi connectivity index (χ3n) is 4.12. The topological polar surface area (TPSA) is 17.8 Å². The molecule has 2 nitrogen and oxygen atoms in total. The van der Waals surface area contributed by atoms with Crippen LogP contribution >= 0.6 is 11.6 Å². The molecule has 1 aromatic carbocycles. The van der Waals surface area contributed by atoms with Gasteiger partial charge in [0.2, 0.25) is 0 Å². The number of halogens is 1. The van der Waals surface area contributed by atoms with Gasteiger partial charge in [0.1, 0.15) is 5.82 Å². The second kappa shape index (κ2) is 5.96. The van der Waals surface area contributed by atoms with E-state index in [4.69, 9.17) is 16.6 Å². The molecule has 0 N–H and O–H groups in total. The molecule has 0 bridgehead atoms. The van der Waals surface area contributed by atoms with Crippen molar-refractivity contribution < 1.29 is 0 Å². The minimum absolute atomic E-state index is 0.0655. The quantitative estimate of drug-likeness (QED) is 0.676. The van der Waals surface area contributed by atoms with Gasteiger partial charge < -0.3 is 4.57 Å². The van der Waals surface area contributed by atoms with Gasteiger partial charge in [-0.1, -0.05) is 38.8 Å². The molecule has 2 unspecified atom stereocenters. The number of hydrogen-bond donors (Lipinski definition) is 0. The summed E-state index contributed by atoms with van der Waals surface area (Å²) in [5.41, 5.74) is 2.24. The molecule has 2 rings (SSSR count). The number of aromatic nitrogens is 2. The van der Waals surface area contributed by atoms with Crippen molar-refractivity contribution in [1.29, 1.82) is 0 Å². The summed E-state index contributed by atoms with van der Waals surface area (Å²) in [6.07, 6.45) is 2.36. The maximum absolute atomic E-state index is 6.33. The van der Waals surface area contributed by atoms with E-state index in [-0.39, 0.29) is 5.38 Å². The van der Waals surface area contributed by atoms with Crippen LogP contribution in [-0.4, -0.2) is 9.55 Å². The normalized spacial score (nSPS) is 15.1. The van der Waals surface area contributed by atoms with E-state index < -0.39 is 0 Å². The monoisotopic (exact) mass is 278 g/mol. The summed E-state index contributed by atoms with van der Waals surface area (Å²) in [5, 5.41) is -0.0655. The van der Waals surface area contributed by atoms with Crippen molar-refractivity contribution in [1.82, 2.24) is 9.55 Å². The largest absolute Gasteiger partial charge is 0.324 e. The zero-order valence-electron chi connectivity index (χ0n) is 12.2. The number of benzene rings is 1. The van der Waals surface area contributed by atoms with Gasteiger partial charge in [-0.3, -0.25) is 0 Å². The van der Waals surface area contributed by atoms with E-state index in [0.717, 1.165) is 11.3 Å². The molecule has 104 valence electrons. The molecule has 0 saturated carbocycles. The minimum atomic E-state index is -0.0655. The Labute approximate surface area is 120 Å². The van der Waals surface area contributed by atoms with E-state index in [2.05, 4.69) is 43.5 Å². The highest BCUT2D eigenvalue weighted by molar-refractivity contribution is 6.20. The summed E-state index contributed by atoms with van der Waals surface area (Å²) < 4.78 is 2.34. The maximum atomic E-state index is 6.33. The fourth-order valence-corrected chi connectivity index (χ4v) is 3.11. The smallest absolute Gasteiger partial charge is 0.127 e. The molecular formula is C16H23ClN2. The lowest BCUT2D eigenvalue weighted by molar-refractivity contribution is 0.332. The Morgan fingerprint density at radius 3 is 2.37 bits per heavy atom. The number of hydrogen-bond acceptors (Lipinski definition) is 1. The summed E-state index contributed by atoms with van der Waals surface area (Å²) in [7, 11) is 0. The maximum Gasteiger partial charge on any atom is 0.127 e. The molecule has 2 atom stereocenters. The van der Waals surface area contributed by atoms with Crippen LogP contribution in [0.2, 0.25) is 0 Å². The first-order valence-corrected chi connectivity index (χ1v) is 7.64. The van der Waals surface area contributed by atoms with Crippen molar-refractivity contribution in [3.8, 4) is 0 Å². The molecule has 19 heavy (non-hydrogen) atoms. The van der Waals surface area contributed by atoms with Crippen LogP contribution < -0.4 is 0 Å². The van der Waals surface area contributed by atoms with Crippen LogP contribution in [0.5, 0.6) is 0 Å². The van der Waals surface area contributed by atoms with Crippen LogP contribution in [0, 0.1) is 5.92 Å². The lowest BCUT2D eigenvalue weighted by atomic mass is 9.95. The summed E-state index contributed by atoms with van der Waals surface area (Å²) in [6, 6.07) is 8.74. The summed E-state index contributed by atoms with van der Waals surface area (Å²) in [4.78, 5) is 4.72. The zero-order chi connectivity index (χ0) is 14.0. The number of rotatable bonds is 5. The van der Waals surface area contributed by atoms with Crippen molar-refractivity contribution in [3.05, 3.63) is 30.1 Å². The van der Waals surface area contributed by atoms with E-state index in [9.17, 15) is 0 Å². The van der Waals surface area contributed by atoms with Crippen LogP contribution in [-0.2, 0) is 0 Å². The van der Waals surface area contributed by atoms with E-state index in [1.807, 2.05) is 13.0 Å². The molecule has 3 heteroatoms. The number of fused-ring (bicyclic) bond motifs is 1. The van der Waals surface area contributed by atoms with Crippen molar-refractivity contribution in [2.75, 3.05) is 0 Å². The van der Waals surface area contributed by atoms with Crippen molar-refractivity contribution in [2.45, 2.75) is 52.0 Å². The second-order valence-electron chi connectivity index (χ2n) is 5.26. The summed E-state index contributed by atoms with van der Waals surface area (Å²) in [6.45, 7) is 8.80. The Morgan fingerprint density at radius 2 is 1.79 bits per heavy atom.